The molecular formula is C11H15N3O2. The number of ether oxygens (including phenoxy) is 1. The highest BCUT2D eigenvalue weighted by Crippen LogP contribution is 2.39. The maximum atomic E-state index is 11.5. The molecule has 1 saturated heterocycles. The zero-order valence-corrected chi connectivity index (χ0v) is 9.11. The molecule has 16 heavy (non-hydrogen) atoms. The molecule has 0 radical (unpaired) electrons. The molecule has 1 saturated carbocycles. The molecule has 0 unspecified atom stereocenters. The molecule has 3 rings (SSSR count). The van der Waals surface area contributed by atoms with Gasteiger partial charge in [0.15, 0.2) is 0 Å². The molecule has 0 bridgehead atoms. The average molecular weight is 221 g/mol. The van der Waals surface area contributed by atoms with Gasteiger partial charge in [-0.3, -0.25) is 0 Å². The Kier molecular flexibility index (Phi) is 2.40. The third kappa shape index (κ3) is 1.95. The summed E-state index contributed by atoms with van der Waals surface area (Å²) in [7, 11) is 0. The number of morpholine rings is 1. The van der Waals surface area contributed by atoms with Crippen molar-refractivity contribution in [2.75, 3.05) is 31.2 Å². The van der Waals surface area contributed by atoms with E-state index in [9.17, 15) is 4.79 Å². The molecule has 2 aliphatic rings. The minimum absolute atomic E-state index is 0.231. The van der Waals surface area contributed by atoms with Gasteiger partial charge in [0.25, 0.3) is 0 Å². The molecule has 2 heterocycles. The number of nitrogens with zero attached hydrogens (tertiary/aromatic N) is 2. The highest BCUT2D eigenvalue weighted by molar-refractivity contribution is 5.40. The summed E-state index contributed by atoms with van der Waals surface area (Å²) in [5.74, 6) is 1.35. The van der Waals surface area contributed by atoms with E-state index < -0.39 is 0 Å². The Morgan fingerprint density at radius 1 is 1.38 bits per heavy atom. The van der Waals surface area contributed by atoms with Gasteiger partial charge in [0.05, 0.1) is 13.2 Å². The standard InChI is InChI=1S/C11H15N3O2/c15-11-12-9(8-1-2-8)7-10(13-11)14-3-5-16-6-4-14/h7-8H,1-6H2,(H,12,13,15). The Morgan fingerprint density at radius 2 is 2.12 bits per heavy atom. The van der Waals surface area contributed by atoms with Crippen LogP contribution < -0.4 is 10.6 Å². The number of H-pyrrole nitrogens is 1. The highest BCUT2D eigenvalue weighted by Gasteiger charge is 2.26. The molecule has 1 aliphatic carbocycles. The second kappa shape index (κ2) is 3.90. The van der Waals surface area contributed by atoms with Crippen molar-refractivity contribution >= 4 is 5.82 Å². The molecule has 0 amide bonds. The van der Waals surface area contributed by atoms with E-state index in [0.717, 1.165) is 24.6 Å². The summed E-state index contributed by atoms with van der Waals surface area (Å²) in [6.07, 6.45) is 2.37. The van der Waals surface area contributed by atoms with E-state index in [1.807, 2.05) is 6.07 Å². The molecule has 0 aromatic carbocycles. The summed E-state index contributed by atoms with van der Waals surface area (Å²) >= 11 is 0. The fraction of sp³-hybridized carbons (Fsp3) is 0.636. The Morgan fingerprint density at radius 3 is 2.81 bits per heavy atom. The third-order valence-electron chi connectivity index (χ3n) is 3.10. The van der Waals surface area contributed by atoms with Gasteiger partial charge in [0, 0.05) is 24.8 Å². The number of nitrogens with one attached hydrogen (secondary N) is 1. The van der Waals surface area contributed by atoms with Crippen molar-refractivity contribution in [1.29, 1.82) is 0 Å². The lowest BCUT2D eigenvalue weighted by molar-refractivity contribution is 0.122. The van der Waals surface area contributed by atoms with Crippen LogP contribution in [0.25, 0.3) is 0 Å². The van der Waals surface area contributed by atoms with Gasteiger partial charge >= 0.3 is 5.69 Å². The van der Waals surface area contributed by atoms with Crippen LogP contribution in [0.5, 0.6) is 0 Å². The quantitative estimate of drug-likeness (QED) is 0.789. The van der Waals surface area contributed by atoms with Crippen LogP contribution in [0.1, 0.15) is 24.5 Å². The van der Waals surface area contributed by atoms with Crippen LogP contribution in [0.2, 0.25) is 0 Å². The molecule has 1 aromatic heterocycles. The number of hydrogen-bond donors (Lipinski definition) is 1. The lowest BCUT2D eigenvalue weighted by Crippen LogP contribution is -2.37. The van der Waals surface area contributed by atoms with Crippen molar-refractivity contribution in [3.63, 3.8) is 0 Å². The van der Waals surface area contributed by atoms with Crippen LogP contribution in [-0.2, 0) is 4.74 Å². The van der Waals surface area contributed by atoms with E-state index in [-0.39, 0.29) is 5.69 Å². The maximum Gasteiger partial charge on any atom is 0.347 e. The van der Waals surface area contributed by atoms with Crippen molar-refractivity contribution < 1.29 is 4.74 Å². The topological polar surface area (TPSA) is 58.2 Å². The number of aromatic amines is 1. The first-order valence-electron chi connectivity index (χ1n) is 5.77. The van der Waals surface area contributed by atoms with Gasteiger partial charge in [-0.25, -0.2) is 4.79 Å². The summed E-state index contributed by atoms with van der Waals surface area (Å²) < 4.78 is 5.29. The van der Waals surface area contributed by atoms with E-state index in [0.29, 0.717) is 19.1 Å². The second-order valence-corrected chi connectivity index (χ2v) is 4.37. The van der Waals surface area contributed by atoms with Gasteiger partial charge in [-0.05, 0) is 18.8 Å². The lowest BCUT2D eigenvalue weighted by Gasteiger charge is -2.27. The Bertz CT molecular complexity index is 433. The van der Waals surface area contributed by atoms with E-state index in [1.165, 1.54) is 12.8 Å². The van der Waals surface area contributed by atoms with Crippen LogP contribution in [0.15, 0.2) is 10.9 Å². The normalized spacial score (nSPS) is 21.1. The van der Waals surface area contributed by atoms with E-state index in [1.54, 1.807) is 0 Å². The first-order valence-corrected chi connectivity index (χ1v) is 5.77. The molecule has 2 fully saturated rings. The minimum atomic E-state index is -0.231. The Labute approximate surface area is 93.4 Å². The van der Waals surface area contributed by atoms with Crippen molar-refractivity contribution in [2.45, 2.75) is 18.8 Å². The van der Waals surface area contributed by atoms with E-state index >= 15 is 0 Å². The minimum Gasteiger partial charge on any atom is -0.378 e. The van der Waals surface area contributed by atoms with Gasteiger partial charge < -0.3 is 14.6 Å². The lowest BCUT2D eigenvalue weighted by atomic mass is 10.2. The largest absolute Gasteiger partial charge is 0.378 e. The van der Waals surface area contributed by atoms with Gasteiger partial charge in [-0.1, -0.05) is 0 Å². The van der Waals surface area contributed by atoms with Crippen LogP contribution in [0, 0.1) is 0 Å². The summed E-state index contributed by atoms with van der Waals surface area (Å²) in [5, 5.41) is 0. The summed E-state index contributed by atoms with van der Waals surface area (Å²) in [6, 6.07) is 2.02. The average Bonchev–Trinajstić information content (AvgIpc) is 3.13. The van der Waals surface area contributed by atoms with Crippen LogP contribution in [-0.4, -0.2) is 36.3 Å². The van der Waals surface area contributed by atoms with Gasteiger partial charge in [-0.15, -0.1) is 0 Å². The Balaban J connectivity index is 1.89. The summed E-state index contributed by atoms with van der Waals surface area (Å²) in [4.78, 5) is 20.4. The molecular weight excluding hydrogens is 206 g/mol. The third-order valence-corrected chi connectivity index (χ3v) is 3.10. The van der Waals surface area contributed by atoms with Crippen LogP contribution >= 0.6 is 0 Å². The molecule has 0 atom stereocenters. The Hall–Kier alpha value is -1.36. The fourth-order valence-electron chi connectivity index (χ4n) is 2.03. The van der Waals surface area contributed by atoms with Crippen molar-refractivity contribution in [2.24, 2.45) is 0 Å². The zero-order chi connectivity index (χ0) is 11.0. The number of rotatable bonds is 2. The monoisotopic (exact) mass is 221 g/mol. The summed E-state index contributed by atoms with van der Waals surface area (Å²) in [5.41, 5.74) is 0.812. The highest BCUT2D eigenvalue weighted by atomic mass is 16.5. The first-order chi connectivity index (χ1) is 7.83. The predicted molar refractivity (Wildman–Crippen MR) is 59.9 cm³/mol. The molecule has 1 aliphatic heterocycles. The summed E-state index contributed by atoms with van der Waals surface area (Å²) in [6.45, 7) is 3.07. The zero-order valence-electron chi connectivity index (χ0n) is 9.11. The van der Waals surface area contributed by atoms with Crippen molar-refractivity contribution in [1.82, 2.24) is 9.97 Å². The molecule has 0 spiro atoms. The molecule has 1 N–H and O–H groups in total. The van der Waals surface area contributed by atoms with Crippen LogP contribution in [0.3, 0.4) is 0 Å². The maximum absolute atomic E-state index is 11.5. The molecule has 5 nitrogen and oxygen atoms in total. The number of anilines is 1. The first kappa shape index (κ1) is 9.84. The molecule has 5 heteroatoms. The smallest absolute Gasteiger partial charge is 0.347 e. The van der Waals surface area contributed by atoms with E-state index in [2.05, 4.69) is 14.9 Å². The van der Waals surface area contributed by atoms with E-state index in [4.69, 9.17) is 4.74 Å². The predicted octanol–water partition coefficient (Wildman–Crippen LogP) is 0.484. The van der Waals surface area contributed by atoms with Crippen molar-refractivity contribution in [3.05, 3.63) is 22.2 Å². The second-order valence-electron chi connectivity index (χ2n) is 4.37. The van der Waals surface area contributed by atoms with Gasteiger partial charge in [0.2, 0.25) is 0 Å². The number of hydrogen-bond acceptors (Lipinski definition) is 4. The molecule has 1 aromatic rings. The van der Waals surface area contributed by atoms with Gasteiger partial charge in [0.1, 0.15) is 5.82 Å². The van der Waals surface area contributed by atoms with Crippen molar-refractivity contribution in [3.8, 4) is 0 Å². The molecule has 86 valence electrons. The SMILES string of the molecule is O=c1nc(N2CCOCC2)cc(C2CC2)[nH]1. The van der Waals surface area contributed by atoms with Crippen LogP contribution in [0.4, 0.5) is 5.82 Å². The fourth-order valence-corrected chi connectivity index (χ4v) is 2.03. The number of aromatic nitrogens is 2. The van der Waals surface area contributed by atoms with Gasteiger partial charge in [-0.2, -0.15) is 4.98 Å².